The molecule has 1 aromatic carbocycles. The Balaban J connectivity index is 3.00. The summed E-state index contributed by atoms with van der Waals surface area (Å²) in [4.78, 5) is 10.3. The van der Waals surface area contributed by atoms with E-state index in [2.05, 4.69) is 4.74 Å². The predicted octanol–water partition coefficient (Wildman–Crippen LogP) is 2.69. The van der Waals surface area contributed by atoms with Crippen LogP contribution in [0.5, 0.6) is 11.5 Å². The maximum Gasteiger partial charge on any atom is 0.573 e. The molecule has 1 rings (SSSR count). The van der Waals surface area contributed by atoms with Crippen molar-refractivity contribution >= 4 is 12.0 Å². The number of carboxylic acid groups (broad SMARTS) is 1. The zero-order valence-electron chi connectivity index (χ0n) is 9.19. The van der Waals surface area contributed by atoms with Crippen LogP contribution in [0.3, 0.4) is 0 Å². The van der Waals surface area contributed by atoms with E-state index in [1.165, 1.54) is 25.3 Å². The van der Waals surface area contributed by atoms with Gasteiger partial charge in [-0.3, -0.25) is 0 Å². The Morgan fingerprint density at radius 3 is 2.50 bits per heavy atom. The van der Waals surface area contributed by atoms with Gasteiger partial charge in [-0.2, -0.15) is 0 Å². The van der Waals surface area contributed by atoms with Crippen LogP contribution in [-0.2, 0) is 4.79 Å². The Morgan fingerprint density at radius 2 is 2.00 bits per heavy atom. The van der Waals surface area contributed by atoms with Crippen LogP contribution in [0.2, 0.25) is 0 Å². The summed E-state index contributed by atoms with van der Waals surface area (Å²) in [5.41, 5.74) is 0.378. The molecule has 7 heteroatoms. The molecule has 0 aliphatic heterocycles. The molecule has 0 heterocycles. The lowest BCUT2D eigenvalue weighted by Gasteiger charge is -2.12. The number of halogens is 3. The van der Waals surface area contributed by atoms with Crippen LogP contribution < -0.4 is 9.47 Å². The molecule has 0 saturated heterocycles. The first-order valence-corrected chi connectivity index (χ1v) is 4.66. The number of rotatable bonds is 4. The molecule has 1 aromatic rings. The molecule has 18 heavy (non-hydrogen) atoms. The maximum atomic E-state index is 12.0. The van der Waals surface area contributed by atoms with Crippen LogP contribution in [0.1, 0.15) is 5.56 Å². The third-order valence-electron chi connectivity index (χ3n) is 1.83. The van der Waals surface area contributed by atoms with Crippen LogP contribution in [0.25, 0.3) is 6.08 Å². The number of carboxylic acids is 1. The van der Waals surface area contributed by atoms with Gasteiger partial charge in [-0.25, -0.2) is 4.79 Å². The monoisotopic (exact) mass is 262 g/mol. The number of benzene rings is 1. The third kappa shape index (κ3) is 4.36. The molecule has 0 aliphatic rings. The standard InChI is InChI=1S/C11H9F3O4/c1-17-9-6-7(3-5-10(15)16)2-4-8(9)18-11(12,13)14/h2-6H,1H3,(H,15,16)/b5-3+. The minimum absolute atomic E-state index is 0.139. The van der Waals surface area contributed by atoms with E-state index in [-0.39, 0.29) is 5.75 Å². The van der Waals surface area contributed by atoms with E-state index in [1.807, 2.05) is 0 Å². The average molecular weight is 262 g/mol. The normalized spacial score (nSPS) is 11.6. The molecule has 0 radical (unpaired) electrons. The number of alkyl halides is 3. The predicted molar refractivity (Wildman–Crippen MR) is 56.3 cm³/mol. The summed E-state index contributed by atoms with van der Waals surface area (Å²) in [6.07, 6.45) is -2.73. The summed E-state index contributed by atoms with van der Waals surface area (Å²) in [6, 6.07) is 3.57. The molecule has 0 atom stereocenters. The molecular formula is C11H9F3O4. The number of aliphatic carboxylic acids is 1. The molecule has 0 amide bonds. The molecular weight excluding hydrogens is 253 g/mol. The van der Waals surface area contributed by atoms with Crippen molar-refractivity contribution in [2.75, 3.05) is 7.11 Å². The number of carbonyl (C=O) groups is 1. The zero-order chi connectivity index (χ0) is 13.8. The SMILES string of the molecule is COc1cc(/C=C/C(=O)O)ccc1OC(F)(F)F. The van der Waals surface area contributed by atoms with Gasteiger partial charge < -0.3 is 14.6 Å². The van der Waals surface area contributed by atoms with Gasteiger partial charge in [-0.15, -0.1) is 13.2 Å². The highest BCUT2D eigenvalue weighted by molar-refractivity contribution is 5.85. The molecule has 0 unspecified atom stereocenters. The topological polar surface area (TPSA) is 55.8 Å². The lowest BCUT2D eigenvalue weighted by atomic mass is 10.2. The number of ether oxygens (including phenoxy) is 2. The molecule has 0 fully saturated rings. The van der Waals surface area contributed by atoms with Crippen molar-refractivity contribution in [3.63, 3.8) is 0 Å². The van der Waals surface area contributed by atoms with Gasteiger partial charge in [0.05, 0.1) is 7.11 Å². The lowest BCUT2D eigenvalue weighted by molar-refractivity contribution is -0.275. The number of methoxy groups -OCH3 is 1. The van der Waals surface area contributed by atoms with E-state index >= 15 is 0 Å². The fourth-order valence-electron chi connectivity index (χ4n) is 1.16. The van der Waals surface area contributed by atoms with E-state index in [0.29, 0.717) is 5.56 Å². The minimum Gasteiger partial charge on any atom is -0.493 e. The van der Waals surface area contributed by atoms with Gasteiger partial charge in [0.25, 0.3) is 0 Å². The van der Waals surface area contributed by atoms with Crippen LogP contribution in [0, 0.1) is 0 Å². The average Bonchev–Trinajstić information content (AvgIpc) is 2.25. The smallest absolute Gasteiger partial charge is 0.493 e. The summed E-state index contributed by atoms with van der Waals surface area (Å²) in [5.74, 6) is -1.79. The Labute approximate surface area is 100 Å². The largest absolute Gasteiger partial charge is 0.573 e. The first-order valence-electron chi connectivity index (χ1n) is 4.66. The van der Waals surface area contributed by atoms with E-state index in [4.69, 9.17) is 9.84 Å². The van der Waals surface area contributed by atoms with Crippen molar-refractivity contribution < 1.29 is 32.5 Å². The highest BCUT2D eigenvalue weighted by atomic mass is 19.4. The van der Waals surface area contributed by atoms with E-state index < -0.39 is 18.1 Å². The highest BCUT2D eigenvalue weighted by Gasteiger charge is 2.32. The second-order valence-electron chi connectivity index (χ2n) is 3.13. The number of hydrogen-bond acceptors (Lipinski definition) is 3. The molecule has 0 saturated carbocycles. The van der Waals surface area contributed by atoms with Crippen LogP contribution in [0.15, 0.2) is 24.3 Å². The highest BCUT2D eigenvalue weighted by Crippen LogP contribution is 2.33. The van der Waals surface area contributed by atoms with Crippen molar-refractivity contribution in [2.24, 2.45) is 0 Å². The number of hydrogen-bond donors (Lipinski definition) is 1. The Morgan fingerprint density at radius 1 is 1.33 bits per heavy atom. The van der Waals surface area contributed by atoms with Crippen LogP contribution in [0.4, 0.5) is 13.2 Å². The van der Waals surface area contributed by atoms with E-state index in [0.717, 1.165) is 12.1 Å². The summed E-state index contributed by atoms with van der Waals surface area (Å²) < 4.78 is 44.6. The first kappa shape index (κ1) is 13.9. The van der Waals surface area contributed by atoms with Crippen molar-refractivity contribution in [1.82, 2.24) is 0 Å². The van der Waals surface area contributed by atoms with Crippen LogP contribution >= 0.6 is 0 Å². The molecule has 98 valence electrons. The summed E-state index contributed by atoms with van der Waals surface area (Å²) >= 11 is 0. The summed E-state index contributed by atoms with van der Waals surface area (Å²) in [7, 11) is 1.18. The maximum absolute atomic E-state index is 12.0. The summed E-state index contributed by atoms with van der Waals surface area (Å²) in [6.45, 7) is 0. The second-order valence-corrected chi connectivity index (χ2v) is 3.13. The first-order chi connectivity index (χ1) is 8.31. The van der Waals surface area contributed by atoms with Gasteiger partial charge in [-0.05, 0) is 23.8 Å². The Bertz CT molecular complexity index is 466. The second kappa shape index (κ2) is 5.44. The quantitative estimate of drug-likeness (QED) is 0.847. The van der Waals surface area contributed by atoms with Crippen molar-refractivity contribution in [3.05, 3.63) is 29.8 Å². The fraction of sp³-hybridized carbons (Fsp3) is 0.182. The van der Waals surface area contributed by atoms with E-state index in [9.17, 15) is 18.0 Å². The van der Waals surface area contributed by atoms with Gasteiger partial charge >= 0.3 is 12.3 Å². The molecule has 1 N–H and O–H groups in total. The van der Waals surface area contributed by atoms with Gasteiger partial charge in [0.1, 0.15) is 0 Å². The van der Waals surface area contributed by atoms with Gasteiger partial charge in [0, 0.05) is 6.08 Å². The Kier molecular flexibility index (Phi) is 4.19. The molecule has 0 aromatic heterocycles. The third-order valence-corrected chi connectivity index (χ3v) is 1.83. The zero-order valence-corrected chi connectivity index (χ0v) is 9.19. The van der Waals surface area contributed by atoms with Gasteiger partial charge in [-0.1, -0.05) is 6.07 Å². The molecule has 0 bridgehead atoms. The van der Waals surface area contributed by atoms with Crippen molar-refractivity contribution in [3.8, 4) is 11.5 Å². The molecule has 4 nitrogen and oxygen atoms in total. The molecule has 0 aliphatic carbocycles. The van der Waals surface area contributed by atoms with E-state index in [1.54, 1.807) is 0 Å². The molecule has 0 spiro atoms. The summed E-state index contributed by atoms with van der Waals surface area (Å²) in [5, 5.41) is 8.42. The lowest BCUT2D eigenvalue weighted by Crippen LogP contribution is -2.17. The Hall–Kier alpha value is -2.18. The minimum atomic E-state index is -4.81. The fourth-order valence-corrected chi connectivity index (χ4v) is 1.16. The van der Waals surface area contributed by atoms with Gasteiger partial charge in [0.2, 0.25) is 0 Å². The van der Waals surface area contributed by atoms with Crippen LogP contribution in [-0.4, -0.2) is 24.5 Å². The van der Waals surface area contributed by atoms with Crippen molar-refractivity contribution in [1.29, 1.82) is 0 Å². The van der Waals surface area contributed by atoms with Gasteiger partial charge in [0.15, 0.2) is 11.5 Å². The van der Waals surface area contributed by atoms with Crippen molar-refractivity contribution in [2.45, 2.75) is 6.36 Å².